The van der Waals surface area contributed by atoms with Gasteiger partial charge in [-0.3, -0.25) is 0 Å². The Morgan fingerprint density at radius 1 is 1.48 bits per heavy atom. The smallest absolute Gasteiger partial charge is 0.330 e. The van der Waals surface area contributed by atoms with Gasteiger partial charge in [0.15, 0.2) is 5.82 Å². The lowest BCUT2D eigenvalue weighted by Gasteiger charge is -2.14. The van der Waals surface area contributed by atoms with Crippen LogP contribution in [0.15, 0.2) is 4.52 Å². The predicted molar refractivity (Wildman–Crippen MR) is 60.5 cm³/mol. The Bertz CT molecular complexity index is 553. The van der Waals surface area contributed by atoms with E-state index in [1.165, 1.54) is 0 Å². The van der Waals surface area contributed by atoms with Crippen LogP contribution in [0.3, 0.4) is 0 Å². The fourth-order valence-corrected chi connectivity index (χ4v) is 2.13. The van der Waals surface area contributed by atoms with Crippen molar-refractivity contribution in [3.05, 3.63) is 11.7 Å². The van der Waals surface area contributed by atoms with Gasteiger partial charge in [0.05, 0.1) is 17.9 Å². The molecule has 1 saturated carbocycles. The summed E-state index contributed by atoms with van der Waals surface area (Å²) in [5.74, 6) is -4.47. The summed E-state index contributed by atoms with van der Waals surface area (Å²) < 4.78 is 58.5. The summed E-state index contributed by atoms with van der Waals surface area (Å²) in [5, 5.41) is 12.5. The van der Waals surface area contributed by atoms with Crippen molar-refractivity contribution in [2.24, 2.45) is 11.3 Å². The normalized spacial score (nSPS) is 24.1. The zero-order chi connectivity index (χ0) is 15.8. The first-order chi connectivity index (χ1) is 9.70. The van der Waals surface area contributed by atoms with Gasteiger partial charge in [-0.2, -0.15) is 19.0 Å². The molecule has 21 heavy (non-hydrogen) atoms. The Labute approximate surface area is 117 Å². The van der Waals surface area contributed by atoms with Crippen molar-refractivity contribution in [2.75, 3.05) is 6.61 Å². The van der Waals surface area contributed by atoms with E-state index in [4.69, 9.17) is 9.78 Å². The Morgan fingerprint density at radius 2 is 2.14 bits per heavy atom. The number of ether oxygens (including phenoxy) is 1. The number of rotatable bonds is 6. The second-order valence-corrected chi connectivity index (χ2v) is 5.51. The van der Waals surface area contributed by atoms with Gasteiger partial charge in [-0.1, -0.05) is 19.0 Å². The molecule has 2 atom stereocenters. The second-order valence-electron chi connectivity index (χ2n) is 5.51. The van der Waals surface area contributed by atoms with Gasteiger partial charge >= 0.3 is 12.3 Å². The van der Waals surface area contributed by atoms with Crippen molar-refractivity contribution in [1.29, 1.82) is 5.26 Å². The average Bonchev–Trinajstić information content (AvgIpc) is 2.71. The van der Waals surface area contributed by atoms with Crippen LogP contribution in [0.1, 0.15) is 31.5 Å². The summed E-state index contributed by atoms with van der Waals surface area (Å²) in [4.78, 5) is 3.94. The van der Waals surface area contributed by atoms with Crippen LogP contribution < -0.4 is 0 Å². The van der Waals surface area contributed by atoms with Gasteiger partial charge in [-0.15, -0.1) is 0 Å². The first kappa shape index (κ1) is 15.7. The van der Waals surface area contributed by atoms with E-state index in [1.54, 1.807) is 0 Å². The van der Waals surface area contributed by atoms with E-state index in [0.717, 1.165) is 0 Å². The maximum atomic E-state index is 12.6. The zero-order valence-electron chi connectivity index (χ0n) is 11.3. The van der Waals surface area contributed by atoms with Gasteiger partial charge < -0.3 is 9.26 Å². The molecule has 1 aliphatic carbocycles. The highest BCUT2D eigenvalue weighted by atomic mass is 19.3. The third-order valence-electron chi connectivity index (χ3n) is 3.56. The highest BCUT2D eigenvalue weighted by molar-refractivity contribution is 5.26. The maximum Gasteiger partial charge on any atom is 0.330 e. The lowest BCUT2D eigenvalue weighted by molar-refractivity contribution is -0.168. The Kier molecular flexibility index (Phi) is 3.93. The molecule has 1 aromatic rings. The molecule has 0 N–H and O–H groups in total. The van der Waals surface area contributed by atoms with Gasteiger partial charge in [-0.25, -0.2) is 8.78 Å². The first-order valence-corrected chi connectivity index (χ1v) is 6.16. The molecule has 0 aliphatic heterocycles. The van der Waals surface area contributed by atoms with Gasteiger partial charge in [0.2, 0.25) is 5.89 Å². The molecule has 116 valence electrons. The number of halogens is 4. The van der Waals surface area contributed by atoms with E-state index in [2.05, 4.69) is 20.9 Å². The predicted octanol–water partition coefficient (Wildman–Crippen LogP) is 2.75. The Morgan fingerprint density at radius 3 is 2.67 bits per heavy atom. The van der Waals surface area contributed by atoms with E-state index in [1.807, 2.05) is 13.8 Å². The van der Waals surface area contributed by atoms with Crippen LogP contribution in [0.5, 0.6) is 0 Å². The van der Waals surface area contributed by atoms with Crippen LogP contribution in [-0.2, 0) is 11.3 Å². The molecule has 0 radical (unpaired) electrons. The van der Waals surface area contributed by atoms with Gasteiger partial charge in [0.25, 0.3) is 0 Å². The lowest BCUT2D eigenvalue weighted by Crippen LogP contribution is -2.32. The van der Waals surface area contributed by atoms with Crippen molar-refractivity contribution >= 4 is 0 Å². The quantitative estimate of drug-likeness (QED) is 0.756. The summed E-state index contributed by atoms with van der Waals surface area (Å²) in [6.45, 7) is 1.85. The molecule has 0 saturated heterocycles. The number of nitriles is 1. The number of nitrogens with zero attached hydrogens (tertiary/aromatic N) is 3. The molecule has 1 fully saturated rings. The molecule has 1 aliphatic rings. The highest BCUT2D eigenvalue weighted by Crippen LogP contribution is 2.63. The largest absolute Gasteiger partial charge is 0.367 e. The fourth-order valence-electron chi connectivity index (χ4n) is 2.13. The molecule has 9 heteroatoms. The topological polar surface area (TPSA) is 71.9 Å². The molecule has 0 bridgehead atoms. The van der Waals surface area contributed by atoms with E-state index in [9.17, 15) is 17.6 Å². The summed E-state index contributed by atoms with van der Waals surface area (Å²) in [6, 6.07) is 2.12. The Hall–Kier alpha value is -1.69. The molecule has 1 aromatic heterocycles. The molecule has 0 amide bonds. The molecule has 0 spiro atoms. The monoisotopic (exact) mass is 307 g/mol. The van der Waals surface area contributed by atoms with E-state index < -0.39 is 25.6 Å². The van der Waals surface area contributed by atoms with Gasteiger partial charge in [-0.05, 0) is 5.41 Å². The summed E-state index contributed by atoms with van der Waals surface area (Å²) >= 11 is 0. The van der Waals surface area contributed by atoms with Gasteiger partial charge in [0.1, 0.15) is 13.2 Å². The third-order valence-corrected chi connectivity index (χ3v) is 3.56. The standard InChI is InChI=1S/C12H13F4N3O2/c1-11(2)6(3-17)8(11)9-18-7(19-21-9)4-20-5-12(15,16)10(13)14/h6,8,10H,4-5H2,1-2H3. The molecule has 1 heterocycles. The molecular weight excluding hydrogens is 294 g/mol. The molecular formula is C12H13F4N3O2. The van der Waals surface area contributed by atoms with Crippen LogP contribution >= 0.6 is 0 Å². The number of hydrogen-bond acceptors (Lipinski definition) is 5. The van der Waals surface area contributed by atoms with Crippen LogP contribution in [0.2, 0.25) is 0 Å². The molecule has 2 rings (SSSR count). The van der Waals surface area contributed by atoms with Crippen molar-refractivity contribution < 1.29 is 26.8 Å². The van der Waals surface area contributed by atoms with Crippen LogP contribution in [0, 0.1) is 22.7 Å². The summed E-state index contributed by atoms with van der Waals surface area (Å²) in [6.07, 6.45) is -3.79. The number of aromatic nitrogens is 2. The minimum Gasteiger partial charge on any atom is -0.367 e. The molecule has 0 aromatic carbocycles. The van der Waals surface area contributed by atoms with Gasteiger partial charge in [0, 0.05) is 0 Å². The third kappa shape index (κ3) is 3.00. The first-order valence-electron chi connectivity index (χ1n) is 6.16. The van der Waals surface area contributed by atoms with E-state index >= 15 is 0 Å². The zero-order valence-corrected chi connectivity index (χ0v) is 11.3. The summed E-state index contributed by atoms with van der Waals surface area (Å²) in [7, 11) is 0. The minimum atomic E-state index is -4.21. The van der Waals surface area contributed by atoms with Crippen molar-refractivity contribution in [3.8, 4) is 6.07 Å². The SMILES string of the molecule is CC1(C)C(C#N)C1c1nc(COCC(F)(F)C(F)F)no1. The Balaban J connectivity index is 1.90. The second kappa shape index (κ2) is 5.26. The number of hydrogen-bond donors (Lipinski definition) is 0. The van der Waals surface area contributed by atoms with Crippen molar-refractivity contribution in [2.45, 2.75) is 38.7 Å². The van der Waals surface area contributed by atoms with Crippen LogP contribution in [-0.4, -0.2) is 29.1 Å². The van der Waals surface area contributed by atoms with E-state index in [0.29, 0.717) is 0 Å². The van der Waals surface area contributed by atoms with Crippen LogP contribution in [0.25, 0.3) is 0 Å². The minimum absolute atomic E-state index is 0.0190. The van der Waals surface area contributed by atoms with E-state index in [-0.39, 0.29) is 29.0 Å². The molecule has 2 unspecified atom stereocenters. The van der Waals surface area contributed by atoms with Crippen molar-refractivity contribution in [1.82, 2.24) is 10.1 Å². The fraction of sp³-hybridized carbons (Fsp3) is 0.750. The maximum absolute atomic E-state index is 12.6. The summed E-state index contributed by atoms with van der Waals surface area (Å²) in [5.41, 5.74) is -0.290. The molecule has 5 nitrogen and oxygen atoms in total. The average molecular weight is 307 g/mol. The lowest BCUT2D eigenvalue weighted by atomic mass is 10.1. The highest BCUT2D eigenvalue weighted by Gasteiger charge is 2.62. The van der Waals surface area contributed by atoms with Crippen LogP contribution in [0.4, 0.5) is 17.6 Å². The van der Waals surface area contributed by atoms with Crippen molar-refractivity contribution in [3.63, 3.8) is 0 Å². The number of alkyl halides is 4.